The first-order valence-corrected chi connectivity index (χ1v) is 4.02. The summed E-state index contributed by atoms with van der Waals surface area (Å²) in [5, 5.41) is 23.1. The Bertz CT molecular complexity index is 303. The van der Waals surface area contributed by atoms with Gasteiger partial charge in [0.25, 0.3) is 0 Å². The number of nitro groups is 1. The largest absolute Gasteiger partial charge is 0.409 e. The van der Waals surface area contributed by atoms with Crippen LogP contribution >= 0.6 is 0 Å². The highest BCUT2D eigenvalue weighted by atomic mass is 19.1. The Balaban J connectivity index is 5.30. The maximum Gasteiger partial charge on any atom is 0.246 e. The van der Waals surface area contributed by atoms with E-state index in [2.05, 4.69) is 10.5 Å². The number of hydrogen-bond donors (Lipinski definition) is 2. The Morgan fingerprint density at radius 3 is 2.40 bits per heavy atom. The van der Waals surface area contributed by atoms with E-state index in [9.17, 15) is 19.3 Å². The summed E-state index contributed by atoms with van der Waals surface area (Å²) in [6.07, 6.45) is 0. The molecule has 0 bridgehead atoms. The summed E-state index contributed by atoms with van der Waals surface area (Å²) in [4.78, 5) is 21.0. The zero-order valence-corrected chi connectivity index (χ0v) is 8.52. The van der Waals surface area contributed by atoms with Crippen LogP contribution in [0.25, 0.3) is 0 Å². The van der Waals surface area contributed by atoms with E-state index in [4.69, 9.17) is 5.21 Å². The maximum absolute atomic E-state index is 13.0. The monoisotopic (exact) mass is 221 g/mol. The van der Waals surface area contributed by atoms with Crippen molar-refractivity contribution in [2.75, 3.05) is 7.05 Å². The lowest BCUT2D eigenvalue weighted by molar-refractivity contribution is -0.564. The molecule has 0 aliphatic rings. The average molecular weight is 221 g/mol. The lowest BCUT2D eigenvalue weighted by atomic mass is 9.87. The predicted molar refractivity (Wildman–Crippen MR) is 49.0 cm³/mol. The fraction of sp³-hybridized carbons (Fsp3) is 0.714. The third-order valence-corrected chi connectivity index (χ3v) is 2.02. The predicted octanol–water partition coefficient (Wildman–Crippen LogP) is 0.161. The molecule has 0 aromatic rings. The highest BCUT2D eigenvalue weighted by Gasteiger charge is 2.49. The molecular weight excluding hydrogens is 209 g/mol. The topological polar surface area (TPSA) is 105 Å². The third kappa shape index (κ3) is 2.61. The Labute approximate surface area is 85.1 Å². The minimum Gasteiger partial charge on any atom is -0.409 e. The molecule has 0 spiro atoms. The molecule has 0 aliphatic carbocycles. The third-order valence-electron chi connectivity index (χ3n) is 2.02. The molecule has 0 saturated carbocycles. The first kappa shape index (κ1) is 13.3. The van der Waals surface area contributed by atoms with E-state index < -0.39 is 28.3 Å². The minimum absolute atomic E-state index is 0.808. The van der Waals surface area contributed by atoms with Crippen molar-refractivity contribution in [2.24, 2.45) is 11.1 Å². The SMILES string of the molecule is CNC(=O)C(C(F)=NO)C(C)(C)[N+](=O)[O-]. The van der Waals surface area contributed by atoms with Crippen LogP contribution in [0.4, 0.5) is 4.39 Å². The first-order chi connectivity index (χ1) is 6.78. The molecule has 7 nitrogen and oxygen atoms in total. The summed E-state index contributed by atoms with van der Waals surface area (Å²) in [5.41, 5.74) is -1.89. The first-order valence-electron chi connectivity index (χ1n) is 4.02. The Morgan fingerprint density at radius 2 is 2.13 bits per heavy atom. The van der Waals surface area contributed by atoms with Gasteiger partial charge in [-0.25, -0.2) is 0 Å². The minimum atomic E-state index is -1.89. The van der Waals surface area contributed by atoms with E-state index in [1.165, 1.54) is 7.05 Å². The number of nitrogens with zero attached hydrogens (tertiary/aromatic N) is 2. The molecule has 0 rings (SSSR count). The maximum atomic E-state index is 13.0. The second-order valence-corrected chi connectivity index (χ2v) is 3.38. The molecule has 1 unspecified atom stereocenters. The summed E-state index contributed by atoms with van der Waals surface area (Å²) in [5.74, 6) is -4.18. The van der Waals surface area contributed by atoms with Gasteiger partial charge >= 0.3 is 0 Å². The van der Waals surface area contributed by atoms with E-state index in [1.807, 2.05) is 0 Å². The summed E-state index contributed by atoms with van der Waals surface area (Å²) >= 11 is 0. The van der Waals surface area contributed by atoms with Crippen molar-refractivity contribution < 1.29 is 19.3 Å². The Morgan fingerprint density at radius 1 is 1.67 bits per heavy atom. The molecule has 86 valence electrons. The van der Waals surface area contributed by atoms with E-state index in [1.54, 1.807) is 0 Å². The lowest BCUT2D eigenvalue weighted by Gasteiger charge is -2.22. The van der Waals surface area contributed by atoms with Gasteiger partial charge in [0, 0.05) is 25.8 Å². The molecule has 0 radical (unpaired) electrons. The molecule has 0 aliphatic heterocycles. The zero-order valence-electron chi connectivity index (χ0n) is 8.52. The van der Waals surface area contributed by atoms with E-state index in [0.29, 0.717) is 0 Å². The van der Waals surface area contributed by atoms with E-state index in [-0.39, 0.29) is 0 Å². The normalized spacial score (nSPS) is 14.5. The van der Waals surface area contributed by atoms with E-state index >= 15 is 0 Å². The molecule has 0 saturated heterocycles. The quantitative estimate of drug-likeness (QED) is 0.305. The second-order valence-electron chi connectivity index (χ2n) is 3.38. The number of carbonyl (C=O) groups excluding carboxylic acids is 1. The van der Waals surface area contributed by atoms with Crippen molar-refractivity contribution >= 4 is 11.9 Å². The summed E-state index contributed by atoms with van der Waals surface area (Å²) in [6.45, 7) is 2.13. The van der Waals surface area contributed by atoms with Crippen molar-refractivity contribution in [1.82, 2.24) is 5.32 Å². The van der Waals surface area contributed by atoms with Gasteiger partial charge in [-0.1, -0.05) is 5.16 Å². The van der Waals surface area contributed by atoms with Gasteiger partial charge in [0.15, 0.2) is 5.92 Å². The average Bonchev–Trinajstić information content (AvgIpc) is 2.16. The number of carbonyl (C=O) groups is 1. The second kappa shape index (κ2) is 4.67. The van der Waals surface area contributed by atoms with Crippen molar-refractivity contribution in [1.29, 1.82) is 0 Å². The molecule has 0 fully saturated rings. The van der Waals surface area contributed by atoms with Gasteiger partial charge in [0.2, 0.25) is 17.4 Å². The van der Waals surface area contributed by atoms with Crippen LogP contribution in [0, 0.1) is 16.0 Å². The number of amides is 1. The van der Waals surface area contributed by atoms with Crippen molar-refractivity contribution in [2.45, 2.75) is 19.4 Å². The highest BCUT2D eigenvalue weighted by Crippen LogP contribution is 2.23. The molecule has 1 amide bonds. The number of halogens is 1. The molecule has 2 N–H and O–H groups in total. The van der Waals surface area contributed by atoms with Gasteiger partial charge in [-0.05, 0) is 0 Å². The van der Waals surface area contributed by atoms with Crippen molar-refractivity contribution in [3.8, 4) is 0 Å². The fourth-order valence-corrected chi connectivity index (χ4v) is 1.03. The fourth-order valence-electron chi connectivity index (χ4n) is 1.03. The van der Waals surface area contributed by atoms with Crippen LogP contribution in [0.15, 0.2) is 5.16 Å². The number of oxime groups is 1. The van der Waals surface area contributed by atoms with Gasteiger partial charge in [-0.2, -0.15) is 4.39 Å². The number of hydrogen-bond acceptors (Lipinski definition) is 5. The molecule has 0 aromatic heterocycles. The summed E-state index contributed by atoms with van der Waals surface area (Å²) in [7, 11) is 1.20. The lowest BCUT2D eigenvalue weighted by Crippen LogP contribution is -2.50. The van der Waals surface area contributed by atoms with Gasteiger partial charge in [0.05, 0.1) is 0 Å². The van der Waals surface area contributed by atoms with Crippen LogP contribution in [0.2, 0.25) is 0 Å². The summed E-state index contributed by atoms with van der Waals surface area (Å²) < 4.78 is 13.0. The van der Waals surface area contributed by atoms with Gasteiger partial charge in [0.1, 0.15) is 0 Å². The van der Waals surface area contributed by atoms with Crippen LogP contribution in [0.1, 0.15) is 13.8 Å². The van der Waals surface area contributed by atoms with Crippen molar-refractivity contribution in [3.63, 3.8) is 0 Å². The van der Waals surface area contributed by atoms with Crippen LogP contribution in [0.3, 0.4) is 0 Å². The molecule has 0 aromatic carbocycles. The Kier molecular flexibility index (Phi) is 4.13. The van der Waals surface area contributed by atoms with Crippen LogP contribution in [-0.4, -0.2) is 34.6 Å². The van der Waals surface area contributed by atoms with Crippen LogP contribution in [-0.2, 0) is 4.79 Å². The van der Waals surface area contributed by atoms with Gasteiger partial charge < -0.3 is 10.5 Å². The number of nitrogens with one attached hydrogen (secondary N) is 1. The van der Waals surface area contributed by atoms with E-state index in [0.717, 1.165) is 13.8 Å². The Hall–Kier alpha value is -1.73. The van der Waals surface area contributed by atoms with Crippen LogP contribution in [0.5, 0.6) is 0 Å². The van der Waals surface area contributed by atoms with Gasteiger partial charge in [-0.15, -0.1) is 0 Å². The standard InChI is InChI=1S/C7H12FN3O4/c1-7(2,11(14)15)4(5(8)10-13)6(12)9-3/h4,13H,1-3H3,(H,9,12). The molecular formula is C7H12FN3O4. The molecule has 1 atom stereocenters. The number of rotatable bonds is 4. The summed E-state index contributed by atoms with van der Waals surface area (Å²) in [6, 6.07) is 0. The van der Waals surface area contributed by atoms with Crippen LogP contribution < -0.4 is 5.32 Å². The van der Waals surface area contributed by atoms with Gasteiger partial charge in [-0.3, -0.25) is 14.9 Å². The molecule has 15 heavy (non-hydrogen) atoms. The molecule has 0 heterocycles. The zero-order chi connectivity index (χ0) is 12.2. The highest BCUT2D eigenvalue weighted by molar-refractivity contribution is 6.00. The van der Waals surface area contributed by atoms with Crippen molar-refractivity contribution in [3.05, 3.63) is 10.1 Å². The smallest absolute Gasteiger partial charge is 0.246 e. The molecule has 8 heteroatoms.